The molecule has 1 aromatic heterocycles. The molecule has 0 bridgehead atoms. The molecule has 2 N–H and O–H groups in total. The van der Waals surface area contributed by atoms with E-state index in [0.29, 0.717) is 37.4 Å². The van der Waals surface area contributed by atoms with E-state index in [9.17, 15) is 18.7 Å². The molecule has 3 aliphatic rings. The fourth-order valence-corrected chi connectivity index (χ4v) is 5.01. The van der Waals surface area contributed by atoms with Crippen LogP contribution in [0.3, 0.4) is 0 Å². The second kappa shape index (κ2) is 7.08. The number of ketones is 1. The second-order valence-electron chi connectivity index (χ2n) is 8.89. The number of aliphatic hydroxyl groups is 1. The van der Waals surface area contributed by atoms with Crippen molar-refractivity contribution in [2.24, 2.45) is 11.8 Å². The van der Waals surface area contributed by atoms with Crippen LogP contribution in [0.5, 0.6) is 5.75 Å². The molecule has 2 aliphatic carbocycles. The molecule has 160 valence electrons. The maximum atomic E-state index is 13.5. The van der Waals surface area contributed by atoms with Crippen LogP contribution in [-0.4, -0.2) is 34.9 Å². The summed E-state index contributed by atoms with van der Waals surface area (Å²) in [5.74, 6) is -1.17. The van der Waals surface area contributed by atoms with Crippen LogP contribution in [0.1, 0.15) is 60.3 Å². The minimum atomic E-state index is -2.61. The average Bonchev–Trinajstić information content (AvgIpc) is 3.28. The van der Waals surface area contributed by atoms with E-state index in [-0.39, 0.29) is 30.5 Å². The number of aromatic amines is 1. The molecule has 2 heterocycles. The number of aliphatic hydroxyl groups excluding tert-OH is 1. The highest BCUT2D eigenvalue weighted by Crippen LogP contribution is 2.44. The fourth-order valence-electron chi connectivity index (χ4n) is 5.01. The first-order valence-electron chi connectivity index (χ1n) is 10.7. The lowest BCUT2D eigenvalue weighted by Crippen LogP contribution is -2.29. The van der Waals surface area contributed by atoms with Gasteiger partial charge in [0, 0.05) is 41.8 Å². The monoisotopic (exact) mass is 416 g/mol. The molecule has 5 rings (SSSR count). The third-order valence-electron chi connectivity index (χ3n) is 6.79. The van der Waals surface area contributed by atoms with Crippen molar-refractivity contribution in [1.82, 2.24) is 4.98 Å². The van der Waals surface area contributed by atoms with Gasteiger partial charge in [0.25, 0.3) is 0 Å². The Hall–Kier alpha value is -2.41. The highest BCUT2D eigenvalue weighted by molar-refractivity contribution is 6.02. The molecule has 5 nitrogen and oxygen atoms in total. The number of H-pyrrole nitrogens is 1. The maximum Gasteiger partial charge on any atom is 0.248 e. The zero-order chi connectivity index (χ0) is 21.0. The predicted octanol–water partition coefficient (Wildman–Crippen LogP) is 4.78. The Morgan fingerprint density at radius 3 is 2.80 bits per heavy atom. The molecule has 2 unspecified atom stereocenters. The second-order valence-corrected chi connectivity index (χ2v) is 8.89. The summed E-state index contributed by atoms with van der Waals surface area (Å²) in [5.41, 5.74) is 3.44. The van der Waals surface area contributed by atoms with Crippen molar-refractivity contribution in [1.29, 1.82) is 0 Å². The Morgan fingerprint density at radius 1 is 1.27 bits per heavy atom. The van der Waals surface area contributed by atoms with Crippen LogP contribution in [0.4, 0.5) is 20.3 Å². The van der Waals surface area contributed by atoms with Gasteiger partial charge in [-0.25, -0.2) is 8.78 Å². The summed E-state index contributed by atoms with van der Waals surface area (Å²) in [6, 6.07) is 7.69. The number of carbonyl (C=O) groups is 1. The third-order valence-corrected chi connectivity index (χ3v) is 6.79. The number of anilines is 2. The van der Waals surface area contributed by atoms with Crippen molar-refractivity contribution in [3.8, 4) is 5.75 Å². The number of hydrogen-bond donors (Lipinski definition) is 2. The van der Waals surface area contributed by atoms with Gasteiger partial charge in [-0.05, 0) is 48.9 Å². The van der Waals surface area contributed by atoms with Gasteiger partial charge in [0.15, 0.2) is 17.4 Å². The first-order valence-corrected chi connectivity index (χ1v) is 10.7. The Bertz CT molecular complexity index is 977. The molecule has 7 heteroatoms. The summed E-state index contributed by atoms with van der Waals surface area (Å²) in [7, 11) is 0. The lowest BCUT2D eigenvalue weighted by Gasteiger charge is -2.31. The van der Waals surface area contributed by atoms with Crippen LogP contribution in [0.15, 0.2) is 24.3 Å². The van der Waals surface area contributed by atoms with Crippen LogP contribution in [0.2, 0.25) is 0 Å². The van der Waals surface area contributed by atoms with Crippen molar-refractivity contribution < 1.29 is 23.4 Å². The number of fused-ring (bicyclic) bond motifs is 2. The SMILES string of the molecule is CC1Cc2cc(N3CCOc4cc(C(O)C5CCC(F)(F)CC5)[nH]c43)ccc2C1=O. The van der Waals surface area contributed by atoms with Gasteiger partial charge < -0.3 is 19.7 Å². The predicted molar refractivity (Wildman–Crippen MR) is 109 cm³/mol. The zero-order valence-electron chi connectivity index (χ0n) is 17.0. The molecule has 1 aliphatic heterocycles. The van der Waals surface area contributed by atoms with Crippen LogP contribution < -0.4 is 9.64 Å². The van der Waals surface area contributed by atoms with Crippen molar-refractivity contribution in [3.05, 3.63) is 41.1 Å². The number of carbonyl (C=O) groups excluding carboxylic acids is 1. The van der Waals surface area contributed by atoms with Crippen molar-refractivity contribution in [2.75, 3.05) is 18.1 Å². The van der Waals surface area contributed by atoms with Gasteiger partial charge in [-0.3, -0.25) is 4.79 Å². The standard InChI is InChI=1S/C23H26F2N2O3/c1-13-10-15-11-16(2-3-17(15)20(13)28)27-8-9-30-19-12-18(26-22(19)27)21(29)14-4-6-23(24,25)7-5-14/h2-3,11-14,21,26,29H,4-10H2,1H3. The molecule has 0 saturated heterocycles. The Morgan fingerprint density at radius 2 is 2.03 bits per heavy atom. The van der Waals surface area contributed by atoms with E-state index in [0.717, 1.165) is 29.1 Å². The van der Waals surface area contributed by atoms with Gasteiger partial charge in [0.05, 0.1) is 12.6 Å². The summed E-state index contributed by atoms with van der Waals surface area (Å²) in [4.78, 5) is 17.6. The number of alkyl halides is 2. The quantitative estimate of drug-likeness (QED) is 0.756. The molecule has 1 saturated carbocycles. The Kier molecular flexibility index (Phi) is 4.61. The topological polar surface area (TPSA) is 65.6 Å². The summed E-state index contributed by atoms with van der Waals surface area (Å²) in [5, 5.41) is 10.8. The normalized spacial score (nSPS) is 24.3. The van der Waals surface area contributed by atoms with E-state index < -0.39 is 12.0 Å². The largest absolute Gasteiger partial charge is 0.488 e. The van der Waals surface area contributed by atoms with Gasteiger partial charge in [0.1, 0.15) is 6.61 Å². The average molecular weight is 416 g/mol. The first-order chi connectivity index (χ1) is 14.3. The summed E-state index contributed by atoms with van der Waals surface area (Å²) in [6.45, 7) is 3.10. The van der Waals surface area contributed by atoms with Gasteiger partial charge in [-0.15, -0.1) is 0 Å². The summed E-state index contributed by atoms with van der Waals surface area (Å²) >= 11 is 0. The fraction of sp³-hybridized carbons (Fsp3) is 0.522. The van der Waals surface area contributed by atoms with Crippen molar-refractivity contribution in [3.63, 3.8) is 0 Å². The molecular weight excluding hydrogens is 390 g/mol. The number of benzene rings is 1. The zero-order valence-corrected chi connectivity index (χ0v) is 17.0. The molecule has 30 heavy (non-hydrogen) atoms. The molecule has 0 spiro atoms. The number of ether oxygens (including phenoxy) is 1. The minimum Gasteiger partial charge on any atom is -0.488 e. The van der Waals surface area contributed by atoms with Gasteiger partial charge in [-0.2, -0.15) is 0 Å². The van der Waals surface area contributed by atoms with Crippen molar-refractivity contribution in [2.45, 2.75) is 51.1 Å². The van der Waals surface area contributed by atoms with Crippen LogP contribution in [0, 0.1) is 11.8 Å². The van der Waals surface area contributed by atoms with Gasteiger partial charge in [-0.1, -0.05) is 6.92 Å². The van der Waals surface area contributed by atoms with Crippen molar-refractivity contribution >= 4 is 17.3 Å². The Labute approximate surface area is 174 Å². The van der Waals surface area contributed by atoms with E-state index in [1.54, 1.807) is 6.07 Å². The lowest BCUT2D eigenvalue weighted by atomic mass is 9.82. The molecule has 1 fully saturated rings. The van der Waals surface area contributed by atoms with E-state index in [4.69, 9.17) is 4.74 Å². The number of nitrogens with one attached hydrogen (secondary N) is 1. The minimum absolute atomic E-state index is 0.0191. The van der Waals surface area contributed by atoms with Crippen LogP contribution >= 0.6 is 0 Å². The van der Waals surface area contributed by atoms with E-state index >= 15 is 0 Å². The smallest absolute Gasteiger partial charge is 0.248 e. The molecular formula is C23H26F2N2O3. The Balaban J connectivity index is 1.40. The maximum absolute atomic E-state index is 13.5. The third kappa shape index (κ3) is 3.29. The highest BCUT2D eigenvalue weighted by Gasteiger charge is 2.38. The molecule has 2 aromatic rings. The van der Waals surface area contributed by atoms with E-state index in [2.05, 4.69) is 16.0 Å². The number of nitrogens with zero attached hydrogens (tertiary/aromatic N) is 1. The molecule has 0 radical (unpaired) electrons. The number of aromatic nitrogens is 1. The van der Waals surface area contributed by atoms with Gasteiger partial charge >= 0.3 is 0 Å². The number of hydrogen-bond acceptors (Lipinski definition) is 4. The summed E-state index contributed by atoms with van der Waals surface area (Å²) in [6.07, 6.45) is 0.184. The first kappa shape index (κ1) is 19.5. The van der Waals surface area contributed by atoms with Crippen LogP contribution in [-0.2, 0) is 6.42 Å². The summed E-state index contributed by atoms with van der Waals surface area (Å²) < 4.78 is 32.7. The number of halogens is 2. The van der Waals surface area contributed by atoms with E-state index in [1.165, 1.54) is 0 Å². The number of Topliss-reactive ketones (excluding diaryl/α,β-unsaturated/α-hetero) is 1. The molecule has 0 amide bonds. The van der Waals surface area contributed by atoms with Gasteiger partial charge in [0.2, 0.25) is 5.92 Å². The lowest BCUT2D eigenvalue weighted by molar-refractivity contribution is -0.0631. The van der Waals surface area contributed by atoms with Crippen LogP contribution in [0.25, 0.3) is 0 Å². The molecule has 2 atom stereocenters. The highest BCUT2D eigenvalue weighted by atomic mass is 19.3. The number of rotatable bonds is 3. The van der Waals surface area contributed by atoms with E-state index in [1.807, 2.05) is 19.1 Å². The molecule has 1 aromatic carbocycles.